The van der Waals surface area contributed by atoms with Gasteiger partial charge in [-0.15, -0.1) is 0 Å². The zero-order chi connectivity index (χ0) is 13.2. The van der Waals surface area contributed by atoms with Crippen LogP contribution < -0.4 is 4.74 Å². The maximum absolute atomic E-state index is 5.91. The summed E-state index contributed by atoms with van der Waals surface area (Å²) in [7, 11) is 0. The van der Waals surface area contributed by atoms with Crippen LogP contribution >= 0.6 is 11.6 Å². The number of benzene rings is 2. The molecule has 0 spiro atoms. The van der Waals surface area contributed by atoms with Crippen LogP contribution in [0.3, 0.4) is 0 Å². The molecule has 96 valence electrons. The van der Waals surface area contributed by atoms with Gasteiger partial charge in [-0.05, 0) is 36.8 Å². The zero-order valence-electron chi connectivity index (χ0n) is 10.5. The molecule has 4 heteroatoms. The van der Waals surface area contributed by atoms with E-state index in [0.29, 0.717) is 11.6 Å². The number of ether oxygens (including phenoxy) is 1. The normalized spacial score (nSPS) is 10.8. The van der Waals surface area contributed by atoms with E-state index in [-0.39, 0.29) is 0 Å². The lowest BCUT2D eigenvalue weighted by Gasteiger charge is -2.03. The van der Waals surface area contributed by atoms with Crippen molar-refractivity contribution in [3.63, 3.8) is 0 Å². The second-order valence-electron chi connectivity index (χ2n) is 4.40. The topological polar surface area (TPSA) is 37.9 Å². The van der Waals surface area contributed by atoms with E-state index < -0.39 is 0 Å². The van der Waals surface area contributed by atoms with Gasteiger partial charge in [0.05, 0.1) is 11.0 Å². The van der Waals surface area contributed by atoms with Crippen LogP contribution in [0.25, 0.3) is 11.0 Å². The Balaban J connectivity index is 1.80. The SMILES string of the molecule is Cc1cccc2[nH]c(COc3cccc(Cl)c3)nc12. The van der Waals surface area contributed by atoms with Gasteiger partial charge in [0.25, 0.3) is 0 Å². The number of aromatic amines is 1. The summed E-state index contributed by atoms with van der Waals surface area (Å²) in [6, 6.07) is 13.4. The summed E-state index contributed by atoms with van der Waals surface area (Å²) in [6.07, 6.45) is 0. The molecular weight excluding hydrogens is 260 g/mol. The number of para-hydroxylation sites is 1. The summed E-state index contributed by atoms with van der Waals surface area (Å²) in [6.45, 7) is 2.44. The summed E-state index contributed by atoms with van der Waals surface area (Å²) >= 11 is 5.91. The Morgan fingerprint density at radius 3 is 2.84 bits per heavy atom. The van der Waals surface area contributed by atoms with Crippen LogP contribution in [0, 0.1) is 6.92 Å². The van der Waals surface area contributed by atoms with Gasteiger partial charge in [-0.2, -0.15) is 0 Å². The number of aromatic nitrogens is 2. The van der Waals surface area contributed by atoms with Gasteiger partial charge in [-0.25, -0.2) is 4.98 Å². The lowest BCUT2D eigenvalue weighted by atomic mass is 10.2. The van der Waals surface area contributed by atoms with E-state index >= 15 is 0 Å². The van der Waals surface area contributed by atoms with Gasteiger partial charge in [0.15, 0.2) is 0 Å². The highest BCUT2D eigenvalue weighted by atomic mass is 35.5. The molecule has 3 aromatic rings. The first-order valence-electron chi connectivity index (χ1n) is 6.05. The monoisotopic (exact) mass is 272 g/mol. The molecule has 19 heavy (non-hydrogen) atoms. The molecule has 0 aliphatic heterocycles. The smallest absolute Gasteiger partial charge is 0.146 e. The third-order valence-corrected chi connectivity index (χ3v) is 3.17. The molecule has 0 unspecified atom stereocenters. The standard InChI is InChI=1S/C15H13ClN2O/c1-10-4-2-7-13-15(10)18-14(17-13)9-19-12-6-3-5-11(16)8-12/h2-8H,9H2,1H3,(H,17,18). The van der Waals surface area contributed by atoms with Gasteiger partial charge in [0.1, 0.15) is 18.2 Å². The van der Waals surface area contributed by atoms with E-state index in [4.69, 9.17) is 16.3 Å². The van der Waals surface area contributed by atoms with Crippen molar-refractivity contribution < 1.29 is 4.74 Å². The highest BCUT2D eigenvalue weighted by molar-refractivity contribution is 6.30. The molecule has 0 aliphatic rings. The maximum atomic E-state index is 5.91. The lowest BCUT2D eigenvalue weighted by molar-refractivity contribution is 0.297. The number of nitrogens with one attached hydrogen (secondary N) is 1. The Morgan fingerprint density at radius 1 is 1.21 bits per heavy atom. The Bertz CT molecular complexity index is 721. The van der Waals surface area contributed by atoms with Crippen LogP contribution in [0.4, 0.5) is 0 Å². The Hall–Kier alpha value is -2.00. The average Bonchev–Trinajstić information content (AvgIpc) is 2.81. The molecule has 1 N–H and O–H groups in total. The minimum absolute atomic E-state index is 0.397. The summed E-state index contributed by atoms with van der Waals surface area (Å²) in [5.41, 5.74) is 3.18. The van der Waals surface area contributed by atoms with E-state index in [1.165, 1.54) is 0 Å². The molecule has 0 aliphatic carbocycles. The van der Waals surface area contributed by atoms with Crippen LogP contribution in [0.1, 0.15) is 11.4 Å². The minimum atomic E-state index is 0.397. The molecule has 1 aromatic heterocycles. The van der Waals surface area contributed by atoms with Crippen LogP contribution in [-0.4, -0.2) is 9.97 Å². The van der Waals surface area contributed by atoms with Crippen molar-refractivity contribution >= 4 is 22.6 Å². The van der Waals surface area contributed by atoms with Gasteiger partial charge in [0.2, 0.25) is 0 Å². The lowest BCUT2D eigenvalue weighted by Crippen LogP contribution is -1.97. The highest BCUT2D eigenvalue weighted by Crippen LogP contribution is 2.19. The molecule has 0 saturated carbocycles. The molecule has 0 amide bonds. The third kappa shape index (κ3) is 2.56. The number of hydrogen-bond donors (Lipinski definition) is 1. The number of aryl methyl sites for hydroxylation is 1. The highest BCUT2D eigenvalue weighted by Gasteiger charge is 2.05. The van der Waals surface area contributed by atoms with E-state index in [0.717, 1.165) is 28.2 Å². The number of imidazole rings is 1. The number of hydrogen-bond acceptors (Lipinski definition) is 2. The number of H-pyrrole nitrogens is 1. The fourth-order valence-corrected chi connectivity index (χ4v) is 2.18. The van der Waals surface area contributed by atoms with Crippen LogP contribution in [0.5, 0.6) is 5.75 Å². The molecule has 0 radical (unpaired) electrons. The van der Waals surface area contributed by atoms with Gasteiger partial charge in [-0.3, -0.25) is 0 Å². The first-order chi connectivity index (χ1) is 9.22. The molecule has 1 heterocycles. The zero-order valence-corrected chi connectivity index (χ0v) is 11.2. The molecule has 0 bridgehead atoms. The molecule has 0 fully saturated rings. The Labute approximate surface area is 116 Å². The molecule has 0 saturated heterocycles. The summed E-state index contributed by atoms with van der Waals surface area (Å²) in [4.78, 5) is 7.79. The average molecular weight is 273 g/mol. The van der Waals surface area contributed by atoms with E-state index in [1.807, 2.05) is 43.3 Å². The van der Waals surface area contributed by atoms with Crippen molar-refractivity contribution in [3.05, 3.63) is 58.9 Å². The number of fused-ring (bicyclic) bond motifs is 1. The molecule has 0 atom stereocenters. The van der Waals surface area contributed by atoms with Crippen LogP contribution in [0.15, 0.2) is 42.5 Å². The van der Waals surface area contributed by atoms with E-state index in [2.05, 4.69) is 9.97 Å². The van der Waals surface area contributed by atoms with Gasteiger partial charge < -0.3 is 9.72 Å². The predicted octanol–water partition coefficient (Wildman–Crippen LogP) is 4.10. The third-order valence-electron chi connectivity index (χ3n) is 2.94. The summed E-state index contributed by atoms with van der Waals surface area (Å²) in [5.74, 6) is 1.55. The fourth-order valence-electron chi connectivity index (χ4n) is 2.00. The fraction of sp³-hybridized carbons (Fsp3) is 0.133. The van der Waals surface area contributed by atoms with Crippen molar-refractivity contribution in [2.24, 2.45) is 0 Å². The van der Waals surface area contributed by atoms with Crippen molar-refractivity contribution in [1.82, 2.24) is 9.97 Å². The van der Waals surface area contributed by atoms with Crippen molar-refractivity contribution in [3.8, 4) is 5.75 Å². The second-order valence-corrected chi connectivity index (χ2v) is 4.84. The van der Waals surface area contributed by atoms with E-state index in [1.54, 1.807) is 6.07 Å². The number of nitrogens with zero attached hydrogens (tertiary/aromatic N) is 1. The van der Waals surface area contributed by atoms with Crippen molar-refractivity contribution in [2.75, 3.05) is 0 Å². The molecule has 3 nitrogen and oxygen atoms in total. The largest absolute Gasteiger partial charge is 0.486 e. The summed E-state index contributed by atoms with van der Waals surface area (Å²) < 4.78 is 5.66. The van der Waals surface area contributed by atoms with Crippen molar-refractivity contribution in [1.29, 1.82) is 0 Å². The number of rotatable bonds is 3. The molecular formula is C15H13ClN2O. The quantitative estimate of drug-likeness (QED) is 0.779. The predicted molar refractivity (Wildman–Crippen MR) is 76.6 cm³/mol. The van der Waals surface area contributed by atoms with Gasteiger partial charge in [0, 0.05) is 5.02 Å². The second kappa shape index (κ2) is 4.94. The first-order valence-corrected chi connectivity index (χ1v) is 6.43. The van der Waals surface area contributed by atoms with Gasteiger partial charge >= 0.3 is 0 Å². The molecule has 3 rings (SSSR count). The molecule has 2 aromatic carbocycles. The minimum Gasteiger partial charge on any atom is -0.486 e. The van der Waals surface area contributed by atoms with Gasteiger partial charge in [-0.1, -0.05) is 29.8 Å². The van der Waals surface area contributed by atoms with Crippen LogP contribution in [-0.2, 0) is 6.61 Å². The van der Waals surface area contributed by atoms with Crippen LogP contribution in [0.2, 0.25) is 5.02 Å². The Kier molecular flexibility index (Phi) is 3.13. The first kappa shape index (κ1) is 12.1. The van der Waals surface area contributed by atoms with E-state index in [9.17, 15) is 0 Å². The number of halogens is 1. The Morgan fingerprint density at radius 2 is 2.05 bits per heavy atom. The van der Waals surface area contributed by atoms with Crippen molar-refractivity contribution in [2.45, 2.75) is 13.5 Å². The maximum Gasteiger partial charge on any atom is 0.146 e. The summed E-state index contributed by atoms with van der Waals surface area (Å²) in [5, 5.41) is 0.665.